The van der Waals surface area contributed by atoms with Crippen LogP contribution in [0.2, 0.25) is 0 Å². The molecule has 0 saturated carbocycles. The molecule has 0 spiro atoms. The van der Waals surface area contributed by atoms with E-state index in [0.717, 1.165) is 16.0 Å². The molecule has 0 radical (unpaired) electrons. The fraction of sp³-hybridized carbons (Fsp3) is 0.393. The van der Waals surface area contributed by atoms with E-state index in [0.29, 0.717) is 11.3 Å². The average Bonchev–Trinajstić information content (AvgIpc) is 2.81. The number of para-hydroxylation sites is 2. The number of aryl methyl sites for hydroxylation is 3. The number of alkyl carbamates (subject to hydrolysis) is 1. The standard InChI is InChI=1S/C28H35N5O6/c1-16-9-7-10-17(2)22(16)32-25(36)23(19-12-8-11-18(3)24(19)35)33(14-13-29)26(37)20(15-21(30)34)31-27(38)39-28(4,5)6/h7-12,20,23,35H,14-15H2,1-6H3,(H2,30,34)(H,31,38)(H,32,36). The molecule has 4 amide bonds. The number of phenols is 1. The number of benzene rings is 2. The van der Waals surface area contributed by atoms with E-state index >= 15 is 0 Å². The number of carbonyl (C=O) groups excluding carboxylic acids is 4. The molecule has 2 aromatic carbocycles. The van der Waals surface area contributed by atoms with E-state index in [9.17, 15) is 29.5 Å². The predicted molar refractivity (Wildman–Crippen MR) is 144 cm³/mol. The molecule has 2 rings (SSSR count). The Balaban J connectivity index is 2.62. The second-order valence-electron chi connectivity index (χ2n) is 10.2. The molecule has 2 atom stereocenters. The molecular weight excluding hydrogens is 502 g/mol. The molecule has 0 aliphatic heterocycles. The van der Waals surface area contributed by atoms with Gasteiger partial charge in [0.2, 0.25) is 11.8 Å². The molecule has 2 unspecified atom stereocenters. The van der Waals surface area contributed by atoms with Gasteiger partial charge >= 0.3 is 6.09 Å². The number of ether oxygens (including phenoxy) is 1. The maximum absolute atomic E-state index is 13.8. The number of nitrogens with two attached hydrogens (primary N) is 1. The van der Waals surface area contributed by atoms with Crippen molar-refractivity contribution in [2.45, 2.75) is 65.6 Å². The maximum Gasteiger partial charge on any atom is 0.408 e. The number of anilines is 1. The number of nitrogens with one attached hydrogen (secondary N) is 2. The van der Waals surface area contributed by atoms with Gasteiger partial charge in [-0.1, -0.05) is 36.4 Å². The first-order valence-corrected chi connectivity index (χ1v) is 12.3. The smallest absolute Gasteiger partial charge is 0.408 e. The SMILES string of the molecule is Cc1cccc(C(C(=O)Nc2c(C)cccc2C)N(CC#N)C(=O)C(CC(N)=O)NC(=O)OC(C)(C)C)c1O. The molecule has 11 nitrogen and oxygen atoms in total. The number of rotatable bonds is 9. The number of phenolic OH excluding ortho intramolecular Hbond substituents is 1. The highest BCUT2D eigenvalue weighted by atomic mass is 16.6. The Kier molecular flexibility index (Phi) is 10.0. The highest BCUT2D eigenvalue weighted by Crippen LogP contribution is 2.33. The molecule has 0 fully saturated rings. The zero-order valence-corrected chi connectivity index (χ0v) is 23.0. The molecule has 39 heavy (non-hydrogen) atoms. The normalized spacial score (nSPS) is 12.4. The van der Waals surface area contributed by atoms with Crippen LogP contribution in [0.3, 0.4) is 0 Å². The van der Waals surface area contributed by atoms with Crippen molar-refractivity contribution in [3.05, 3.63) is 58.7 Å². The minimum Gasteiger partial charge on any atom is -0.507 e. The predicted octanol–water partition coefficient (Wildman–Crippen LogP) is 3.12. The van der Waals surface area contributed by atoms with E-state index in [1.165, 1.54) is 6.07 Å². The van der Waals surface area contributed by atoms with E-state index in [2.05, 4.69) is 10.6 Å². The van der Waals surface area contributed by atoms with Crippen molar-refractivity contribution in [3.63, 3.8) is 0 Å². The summed E-state index contributed by atoms with van der Waals surface area (Å²) in [4.78, 5) is 52.8. The molecular formula is C28H35N5O6. The monoisotopic (exact) mass is 537 g/mol. The van der Waals surface area contributed by atoms with Crippen LogP contribution in [0.15, 0.2) is 36.4 Å². The van der Waals surface area contributed by atoms with E-state index in [4.69, 9.17) is 10.5 Å². The van der Waals surface area contributed by atoms with Crippen molar-refractivity contribution in [1.82, 2.24) is 10.2 Å². The van der Waals surface area contributed by atoms with E-state index in [1.54, 1.807) is 65.8 Å². The van der Waals surface area contributed by atoms with Gasteiger partial charge in [0.05, 0.1) is 12.5 Å². The van der Waals surface area contributed by atoms with Crippen LogP contribution in [0.5, 0.6) is 5.75 Å². The quantitative estimate of drug-likeness (QED) is 0.355. The second kappa shape index (κ2) is 12.8. The lowest BCUT2D eigenvalue weighted by molar-refractivity contribution is -0.141. The number of hydrogen-bond acceptors (Lipinski definition) is 7. The first kappa shape index (κ1) is 30.6. The summed E-state index contributed by atoms with van der Waals surface area (Å²) < 4.78 is 5.22. The first-order chi connectivity index (χ1) is 18.2. The minimum absolute atomic E-state index is 0.0532. The Morgan fingerprint density at radius 1 is 1.05 bits per heavy atom. The lowest BCUT2D eigenvalue weighted by atomic mass is 9.98. The van der Waals surface area contributed by atoms with E-state index < -0.39 is 54.5 Å². The summed E-state index contributed by atoms with van der Waals surface area (Å²) in [5.41, 5.74) is 6.95. The summed E-state index contributed by atoms with van der Waals surface area (Å²) >= 11 is 0. The van der Waals surface area contributed by atoms with Crippen molar-refractivity contribution in [3.8, 4) is 11.8 Å². The minimum atomic E-state index is -1.55. The summed E-state index contributed by atoms with van der Waals surface area (Å²) in [6.07, 6.45) is -1.61. The third-order valence-electron chi connectivity index (χ3n) is 5.77. The van der Waals surface area contributed by atoms with Gasteiger partial charge in [0.1, 0.15) is 30.0 Å². The third-order valence-corrected chi connectivity index (χ3v) is 5.77. The molecule has 0 heterocycles. The van der Waals surface area contributed by atoms with Crippen LogP contribution in [0.4, 0.5) is 10.5 Å². The number of hydrogen-bond donors (Lipinski definition) is 4. The van der Waals surface area contributed by atoms with Crippen LogP contribution in [0.25, 0.3) is 0 Å². The number of aromatic hydroxyl groups is 1. The molecule has 0 saturated heterocycles. The zero-order valence-electron chi connectivity index (χ0n) is 23.0. The van der Waals surface area contributed by atoms with Gasteiger partial charge in [-0.25, -0.2) is 4.79 Å². The summed E-state index contributed by atoms with van der Waals surface area (Å²) in [7, 11) is 0. The van der Waals surface area contributed by atoms with Crippen molar-refractivity contribution < 1.29 is 29.0 Å². The molecule has 5 N–H and O–H groups in total. The molecule has 0 bridgehead atoms. The Morgan fingerprint density at radius 2 is 1.62 bits per heavy atom. The fourth-order valence-electron chi connectivity index (χ4n) is 3.98. The Bertz CT molecular complexity index is 1270. The lowest BCUT2D eigenvalue weighted by Crippen LogP contribution is -2.53. The summed E-state index contributed by atoms with van der Waals surface area (Å²) in [5.74, 6) is -2.81. The Hall–Kier alpha value is -4.59. The number of amides is 4. The summed E-state index contributed by atoms with van der Waals surface area (Å²) in [5, 5.41) is 25.6. The second-order valence-corrected chi connectivity index (χ2v) is 10.2. The molecule has 2 aromatic rings. The van der Waals surface area contributed by atoms with Crippen LogP contribution in [-0.2, 0) is 19.1 Å². The average molecular weight is 538 g/mol. The molecule has 0 aliphatic carbocycles. The topological polar surface area (TPSA) is 175 Å². The van der Waals surface area contributed by atoms with Crippen molar-refractivity contribution in [2.75, 3.05) is 11.9 Å². The van der Waals surface area contributed by atoms with Gasteiger partial charge in [0, 0.05) is 11.3 Å². The third kappa shape index (κ3) is 8.20. The van der Waals surface area contributed by atoms with Gasteiger partial charge < -0.3 is 31.1 Å². The molecule has 208 valence electrons. The van der Waals surface area contributed by atoms with Gasteiger partial charge in [0.25, 0.3) is 5.91 Å². The molecule has 0 aromatic heterocycles. The van der Waals surface area contributed by atoms with Crippen LogP contribution in [-0.4, -0.2) is 52.0 Å². The van der Waals surface area contributed by atoms with Crippen molar-refractivity contribution >= 4 is 29.5 Å². The van der Waals surface area contributed by atoms with Gasteiger partial charge in [-0.15, -0.1) is 0 Å². The van der Waals surface area contributed by atoms with Crippen LogP contribution in [0.1, 0.15) is 55.5 Å². The maximum atomic E-state index is 13.8. The van der Waals surface area contributed by atoms with Crippen molar-refractivity contribution in [1.29, 1.82) is 5.26 Å². The number of primary amides is 1. The number of carbonyl (C=O) groups is 4. The van der Waals surface area contributed by atoms with Gasteiger partial charge in [-0.3, -0.25) is 14.4 Å². The van der Waals surface area contributed by atoms with Crippen LogP contribution < -0.4 is 16.4 Å². The van der Waals surface area contributed by atoms with Crippen LogP contribution in [0, 0.1) is 32.1 Å². The van der Waals surface area contributed by atoms with Gasteiger partial charge in [-0.2, -0.15) is 5.26 Å². The van der Waals surface area contributed by atoms with E-state index in [1.807, 2.05) is 12.1 Å². The largest absolute Gasteiger partial charge is 0.507 e. The first-order valence-electron chi connectivity index (χ1n) is 12.3. The van der Waals surface area contributed by atoms with Crippen molar-refractivity contribution in [2.24, 2.45) is 5.73 Å². The van der Waals surface area contributed by atoms with Gasteiger partial charge in [0.15, 0.2) is 0 Å². The highest BCUT2D eigenvalue weighted by molar-refractivity contribution is 6.01. The lowest BCUT2D eigenvalue weighted by Gasteiger charge is -2.33. The zero-order chi connectivity index (χ0) is 29.5. The highest BCUT2D eigenvalue weighted by Gasteiger charge is 2.38. The van der Waals surface area contributed by atoms with Crippen LogP contribution >= 0.6 is 0 Å². The number of nitriles is 1. The summed E-state index contributed by atoms with van der Waals surface area (Å²) in [6.45, 7) is 9.47. The molecule has 11 heteroatoms. The summed E-state index contributed by atoms with van der Waals surface area (Å²) in [6, 6.07) is 8.90. The molecule has 0 aliphatic rings. The van der Waals surface area contributed by atoms with E-state index in [-0.39, 0.29) is 11.3 Å². The van der Waals surface area contributed by atoms with Gasteiger partial charge in [-0.05, 0) is 58.2 Å². The fourth-order valence-corrected chi connectivity index (χ4v) is 3.98. The Morgan fingerprint density at radius 3 is 2.15 bits per heavy atom. The Labute approximate surface area is 227 Å². The number of nitrogens with zero attached hydrogens (tertiary/aromatic N) is 2.